The molecule has 2 aromatic carbocycles. The lowest BCUT2D eigenvalue weighted by Crippen LogP contribution is -2.50. The smallest absolute Gasteiger partial charge is 0.416 e. The van der Waals surface area contributed by atoms with E-state index in [1.54, 1.807) is 18.2 Å². The van der Waals surface area contributed by atoms with Crippen LogP contribution < -0.4 is 4.90 Å². The van der Waals surface area contributed by atoms with Crippen molar-refractivity contribution in [2.45, 2.75) is 25.7 Å². The van der Waals surface area contributed by atoms with Gasteiger partial charge in [-0.25, -0.2) is 9.59 Å². The number of nitriles is 1. The van der Waals surface area contributed by atoms with Gasteiger partial charge in [0.05, 0.1) is 42.6 Å². The Kier molecular flexibility index (Phi) is 8.05. The summed E-state index contributed by atoms with van der Waals surface area (Å²) < 4.78 is 51.4. The SMILES string of the molecule is COC(=O)c1ccc(CN2C(=O)N(c3cccc(C(F)(F)F)c3)C(C)=C(C(=O)c3cccnc3)C2c2ccc(C#N)cc2)o1. The van der Waals surface area contributed by atoms with E-state index >= 15 is 0 Å². The van der Waals surface area contributed by atoms with Crippen LogP contribution in [0.1, 0.15) is 56.3 Å². The van der Waals surface area contributed by atoms with E-state index in [9.17, 15) is 32.8 Å². The second-order valence-electron chi connectivity index (χ2n) is 9.76. The van der Waals surface area contributed by atoms with Crippen LogP contribution in [0, 0.1) is 11.3 Å². The van der Waals surface area contributed by atoms with E-state index < -0.39 is 35.6 Å². The summed E-state index contributed by atoms with van der Waals surface area (Å²) in [6, 6.07) is 16.6. The van der Waals surface area contributed by atoms with Crippen LogP contribution in [0.2, 0.25) is 0 Å². The molecule has 222 valence electrons. The number of hydrogen-bond donors (Lipinski definition) is 0. The van der Waals surface area contributed by atoms with Crippen molar-refractivity contribution in [3.8, 4) is 6.07 Å². The van der Waals surface area contributed by atoms with Gasteiger partial charge in [0.1, 0.15) is 5.76 Å². The third-order valence-corrected chi connectivity index (χ3v) is 7.08. The molecule has 3 heterocycles. The highest BCUT2D eigenvalue weighted by molar-refractivity contribution is 6.13. The molecule has 0 bridgehead atoms. The topological polar surface area (TPSA) is 117 Å². The lowest BCUT2D eigenvalue weighted by molar-refractivity contribution is -0.137. The number of hydrogen-bond acceptors (Lipinski definition) is 7. The number of amides is 2. The summed E-state index contributed by atoms with van der Waals surface area (Å²) in [7, 11) is 1.18. The number of ether oxygens (including phenoxy) is 1. The molecule has 1 aliphatic heterocycles. The number of carbonyl (C=O) groups is 3. The van der Waals surface area contributed by atoms with Crippen molar-refractivity contribution in [3.63, 3.8) is 0 Å². The number of rotatable bonds is 7. The van der Waals surface area contributed by atoms with Crippen molar-refractivity contribution in [1.82, 2.24) is 9.88 Å². The molecule has 0 saturated heterocycles. The minimum Gasteiger partial charge on any atom is -0.463 e. The van der Waals surface area contributed by atoms with E-state index in [4.69, 9.17) is 9.15 Å². The zero-order chi connectivity index (χ0) is 31.6. The summed E-state index contributed by atoms with van der Waals surface area (Å²) in [5.74, 6) is -1.25. The molecule has 0 spiro atoms. The second-order valence-corrected chi connectivity index (χ2v) is 9.76. The Morgan fingerprint density at radius 1 is 1.07 bits per heavy atom. The van der Waals surface area contributed by atoms with Gasteiger partial charge in [-0.15, -0.1) is 0 Å². The number of alkyl halides is 3. The minimum atomic E-state index is -4.69. The van der Waals surface area contributed by atoms with Crippen LogP contribution in [0.3, 0.4) is 0 Å². The molecule has 1 unspecified atom stereocenters. The van der Waals surface area contributed by atoms with Gasteiger partial charge >= 0.3 is 18.2 Å². The molecule has 0 N–H and O–H groups in total. The van der Waals surface area contributed by atoms with E-state index in [0.29, 0.717) is 11.1 Å². The number of carbonyl (C=O) groups excluding carboxylic acids is 3. The highest BCUT2D eigenvalue weighted by Crippen LogP contribution is 2.42. The highest BCUT2D eigenvalue weighted by Gasteiger charge is 2.43. The zero-order valence-electron chi connectivity index (χ0n) is 23.3. The molecule has 44 heavy (non-hydrogen) atoms. The summed E-state index contributed by atoms with van der Waals surface area (Å²) in [5, 5.41) is 9.34. The maximum atomic E-state index is 14.3. The lowest BCUT2D eigenvalue weighted by Gasteiger charge is -2.43. The summed E-state index contributed by atoms with van der Waals surface area (Å²) in [6.07, 6.45) is -1.86. The highest BCUT2D eigenvalue weighted by atomic mass is 19.4. The van der Waals surface area contributed by atoms with Crippen molar-refractivity contribution in [1.29, 1.82) is 5.26 Å². The Bertz CT molecular complexity index is 1810. The number of ketones is 1. The average molecular weight is 601 g/mol. The van der Waals surface area contributed by atoms with E-state index in [1.165, 1.54) is 73.8 Å². The van der Waals surface area contributed by atoms with Gasteiger partial charge < -0.3 is 14.1 Å². The van der Waals surface area contributed by atoms with E-state index in [-0.39, 0.29) is 40.6 Å². The summed E-state index contributed by atoms with van der Waals surface area (Å²) in [4.78, 5) is 46.9. The van der Waals surface area contributed by atoms with Crippen LogP contribution >= 0.6 is 0 Å². The van der Waals surface area contributed by atoms with Gasteiger partial charge in [0.15, 0.2) is 5.78 Å². The van der Waals surface area contributed by atoms with Gasteiger partial charge in [-0.1, -0.05) is 18.2 Å². The molecule has 0 radical (unpaired) electrons. The minimum absolute atomic E-state index is 0.0828. The number of methoxy groups -OCH3 is 1. The van der Waals surface area contributed by atoms with Gasteiger partial charge in [-0.05, 0) is 67.1 Å². The molecule has 4 aromatic rings. The largest absolute Gasteiger partial charge is 0.463 e. The number of furan rings is 1. The Morgan fingerprint density at radius 2 is 1.82 bits per heavy atom. The third-order valence-electron chi connectivity index (χ3n) is 7.08. The number of pyridine rings is 1. The maximum absolute atomic E-state index is 14.3. The predicted octanol–water partition coefficient (Wildman–Crippen LogP) is 6.69. The first-order chi connectivity index (χ1) is 21.0. The first kappa shape index (κ1) is 29.8. The molecule has 9 nitrogen and oxygen atoms in total. The number of halogens is 3. The fourth-order valence-electron chi connectivity index (χ4n) is 5.01. The lowest BCUT2D eigenvalue weighted by atomic mass is 9.87. The number of benzene rings is 2. The Morgan fingerprint density at radius 3 is 2.45 bits per heavy atom. The number of allylic oxidation sites excluding steroid dienone is 1. The summed E-state index contributed by atoms with van der Waals surface area (Å²) in [6.45, 7) is 1.20. The molecular formula is C32H23F3N4O5. The molecule has 5 rings (SSSR count). The van der Waals surface area contributed by atoms with Crippen molar-refractivity contribution in [2.24, 2.45) is 0 Å². The first-order valence-corrected chi connectivity index (χ1v) is 13.1. The van der Waals surface area contributed by atoms with Gasteiger partial charge in [-0.3, -0.25) is 14.7 Å². The molecule has 0 saturated carbocycles. The molecule has 2 aromatic heterocycles. The third kappa shape index (κ3) is 5.67. The molecular weight excluding hydrogens is 577 g/mol. The molecule has 2 amide bonds. The maximum Gasteiger partial charge on any atom is 0.416 e. The van der Waals surface area contributed by atoms with Crippen molar-refractivity contribution < 1.29 is 36.7 Å². The van der Waals surface area contributed by atoms with E-state index in [0.717, 1.165) is 17.0 Å². The fourth-order valence-corrected chi connectivity index (χ4v) is 5.01. The van der Waals surface area contributed by atoms with Gasteiger partial charge in [0, 0.05) is 29.2 Å². The predicted molar refractivity (Wildman–Crippen MR) is 150 cm³/mol. The normalized spacial score (nSPS) is 15.3. The molecule has 0 fully saturated rings. The van der Waals surface area contributed by atoms with Crippen molar-refractivity contribution in [3.05, 3.63) is 130 Å². The number of esters is 1. The summed E-state index contributed by atoms with van der Waals surface area (Å²) >= 11 is 0. The number of anilines is 1. The van der Waals surface area contributed by atoms with Gasteiger partial charge in [0.25, 0.3) is 0 Å². The quantitative estimate of drug-likeness (QED) is 0.171. The van der Waals surface area contributed by atoms with Crippen molar-refractivity contribution in [2.75, 3.05) is 12.0 Å². The Hall–Kier alpha value is -5.70. The first-order valence-electron chi connectivity index (χ1n) is 13.1. The molecule has 1 atom stereocenters. The van der Waals surface area contributed by atoms with Gasteiger partial charge in [-0.2, -0.15) is 18.4 Å². The van der Waals surface area contributed by atoms with Gasteiger partial charge in [0.2, 0.25) is 5.76 Å². The van der Waals surface area contributed by atoms with Crippen LogP contribution in [0.15, 0.2) is 101 Å². The standard InChI is InChI=1S/C32H23F3N4O5/c1-19-27(29(40)22-5-4-14-37-17-22)28(21-10-8-20(16-36)9-11-21)38(18-25-12-13-26(44-25)30(41)43-2)31(42)39(19)24-7-3-6-23(15-24)32(33,34)35/h3-15,17,28H,18H2,1-2H3. The van der Waals surface area contributed by atoms with Crippen molar-refractivity contribution >= 4 is 23.5 Å². The Labute approximate surface area is 249 Å². The molecule has 0 aliphatic carbocycles. The number of Topliss-reactive ketones (excluding diaryl/α,β-unsaturated/α-hetero) is 1. The van der Waals surface area contributed by atoms with Crippen LogP contribution in [0.25, 0.3) is 0 Å². The number of aromatic nitrogens is 1. The zero-order valence-corrected chi connectivity index (χ0v) is 23.3. The fraction of sp³-hybridized carbons (Fsp3) is 0.156. The van der Waals surface area contributed by atoms with Crippen LogP contribution in [-0.2, 0) is 17.5 Å². The number of nitrogens with zero attached hydrogens (tertiary/aromatic N) is 4. The average Bonchev–Trinajstić information content (AvgIpc) is 3.50. The number of urea groups is 1. The Balaban J connectivity index is 1.74. The van der Waals surface area contributed by atoms with E-state index in [1.807, 2.05) is 6.07 Å². The van der Waals surface area contributed by atoms with Crippen LogP contribution in [-0.4, -0.2) is 34.8 Å². The van der Waals surface area contributed by atoms with Crippen LogP contribution in [0.5, 0.6) is 0 Å². The molecule has 1 aliphatic rings. The summed E-state index contributed by atoms with van der Waals surface area (Å²) in [5.41, 5.74) is 0.0600. The second kappa shape index (κ2) is 11.9. The molecule has 12 heteroatoms. The van der Waals surface area contributed by atoms with E-state index in [2.05, 4.69) is 4.98 Å². The monoisotopic (exact) mass is 600 g/mol. The van der Waals surface area contributed by atoms with Crippen LogP contribution in [0.4, 0.5) is 23.7 Å².